The van der Waals surface area contributed by atoms with Crippen molar-refractivity contribution >= 4 is 18.3 Å². The predicted octanol–water partition coefficient (Wildman–Crippen LogP) is 1.07. The summed E-state index contributed by atoms with van der Waals surface area (Å²) in [5.74, 6) is 1.27. The predicted molar refractivity (Wildman–Crippen MR) is 68.5 cm³/mol. The van der Waals surface area contributed by atoms with Crippen LogP contribution in [0.2, 0.25) is 0 Å². The second kappa shape index (κ2) is 6.70. The number of rotatable bonds is 2. The molecule has 0 spiro atoms. The second-order valence-electron chi connectivity index (χ2n) is 4.19. The Bertz CT molecular complexity index is 396. The lowest BCUT2D eigenvalue weighted by Gasteiger charge is -2.26. The summed E-state index contributed by atoms with van der Waals surface area (Å²) in [7, 11) is 0. The lowest BCUT2D eigenvalue weighted by atomic mass is 10.2. The third-order valence-corrected chi connectivity index (χ3v) is 2.92. The van der Waals surface area contributed by atoms with Crippen molar-refractivity contribution in [1.82, 2.24) is 20.4 Å². The van der Waals surface area contributed by atoms with E-state index in [1.165, 1.54) is 0 Å². The van der Waals surface area contributed by atoms with Crippen LogP contribution in [0.4, 0.5) is 0 Å². The van der Waals surface area contributed by atoms with Gasteiger partial charge in [0.25, 0.3) is 5.89 Å². The number of hydrogen-bond donors (Lipinski definition) is 1. The molecule has 2 rings (SSSR count). The van der Waals surface area contributed by atoms with E-state index in [0.29, 0.717) is 24.7 Å². The number of aromatic nitrogens is 2. The molecule has 6 nitrogen and oxygen atoms in total. The first kappa shape index (κ1) is 14.9. The molecule has 1 atom stereocenters. The van der Waals surface area contributed by atoms with Gasteiger partial charge < -0.3 is 14.7 Å². The number of amides is 1. The molecule has 1 unspecified atom stereocenters. The summed E-state index contributed by atoms with van der Waals surface area (Å²) >= 11 is 0. The van der Waals surface area contributed by atoms with Gasteiger partial charge in [0.2, 0.25) is 5.91 Å². The maximum Gasteiger partial charge on any atom is 0.250 e. The van der Waals surface area contributed by atoms with Crippen LogP contribution in [0.25, 0.3) is 0 Å². The molecular weight excluding hydrogens is 256 g/mol. The zero-order valence-electron chi connectivity index (χ0n) is 10.7. The van der Waals surface area contributed by atoms with Crippen LogP contribution in [0.1, 0.15) is 37.5 Å². The molecule has 1 aliphatic heterocycles. The standard InChI is InChI=1S/C11H18N4O2.ClH/c1-3-10(16)15-6-4-5-12-7-9(15)11-13-8(2)14-17-11;/h9,12H,3-7H2,1-2H3;1H. The van der Waals surface area contributed by atoms with Crippen molar-refractivity contribution in [3.8, 4) is 0 Å². The number of hydrogen-bond acceptors (Lipinski definition) is 5. The fourth-order valence-electron chi connectivity index (χ4n) is 2.05. The van der Waals surface area contributed by atoms with E-state index in [2.05, 4.69) is 15.5 Å². The summed E-state index contributed by atoms with van der Waals surface area (Å²) in [5, 5.41) is 7.08. The average Bonchev–Trinajstić information content (AvgIpc) is 2.63. The van der Waals surface area contributed by atoms with Crippen molar-refractivity contribution in [2.24, 2.45) is 0 Å². The number of carbonyl (C=O) groups excluding carboxylic acids is 1. The van der Waals surface area contributed by atoms with Crippen LogP contribution in [-0.4, -0.2) is 40.6 Å². The van der Waals surface area contributed by atoms with Crippen molar-refractivity contribution in [3.63, 3.8) is 0 Å². The quantitative estimate of drug-likeness (QED) is 0.874. The Balaban J connectivity index is 0.00000162. The van der Waals surface area contributed by atoms with E-state index in [9.17, 15) is 4.79 Å². The number of halogens is 1. The molecule has 0 bridgehead atoms. The normalized spacial score (nSPS) is 20.1. The molecule has 0 aliphatic carbocycles. The topological polar surface area (TPSA) is 71.3 Å². The molecule has 1 aromatic rings. The van der Waals surface area contributed by atoms with Gasteiger partial charge in [0, 0.05) is 19.5 Å². The molecule has 1 fully saturated rings. The van der Waals surface area contributed by atoms with E-state index in [1.54, 1.807) is 6.92 Å². The first-order chi connectivity index (χ1) is 8.22. The summed E-state index contributed by atoms with van der Waals surface area (Å²) in [6.07, 6.45) is 1.46. The summed E-state index contributed by atoms with van der Waals surface area (Å²) in [6.45, 7) is 5.98. The van der Waals surface area contributed by atoms with Crippen molar-refractivity contribution in [3.05, 3.63) is 11.7 Å². The third-order valence-electron chi connectivity index (χ3n) is 2.92. The number of aryl methyl sites for hydroxylation is 1. The van der Waals surface area contributed by atoms with Crippen molar-refractivity contribution in [2.75, 3.05) is 19.6 Å². The molecule has 7 heteroatoms. The van der Waals surface area contributed by atoms with Crippen molar-refractivity contribution in [2.45, 2.75) is 32.7 Å². The first-order valence-corrected chi connectivity index (χ1v) is 6.02. The Kier molecular flexibility index (Phi) is 5.55. The molecule has 0 radical (unpaired) electrons. The first-order valence-electron chi connectivity index (χ1n) is 6.02. The molecule has 1 saturated heterocycles. The smallest absolute Gasteiger partial charge is 0.250 e. The Morgan fingerprint density at radius 2 is 2.39 bits per heavy atom. The number of nitrogens with zero attached hydrogens (tertiary/aromatic N) is 3. The minimum Gasteiger partial charge on any atom is -0.337 e. The summed E-state index contributed by atoms with van der Waals surface area (Å²) in [6, 6.07) is -0.133. The molecule has 0 aromatic carbocycles. The number of carbonyl (C=O) groups is 1. The minimum atomic E-state index is -0.133. The molecule has 1 amide bonds. The van der Waals surface area contributed by atoms with Crippen LogP contribution < -0.4 is 5.32 Å². The van der Waals surface area contributed by atoms with Gasteiger partial charge in [0.05, 0.1) is 0 Å². The highest BCUT2D eigenvalue weighted by molar-refractivity contribution is 5.85. The molecule has 102 valence electrons. The summed E-state index contributed by atoms with van der Waals surface area (Å²) in [4.78, 5) is 18.0. The van der Waals surface area contributed by atoms with Crippen LogP contribution in [0, 0.1) is 6.92 Å². The van der Waals surface area contributed by atoms with E-state index in [1.807, 2.05) is 11.8 Å². The van der Waals surface area contributed by atoms with Crippen LogP contribution in [0.3, 0.4) is 0 Å². The fraction of sp³-hybridized carbons (Fsp3) is 0.727. The van der Waals surface area contributed by atoms with Gasteiger partial charge in [-0.3, -0.25) is 4.79 Å². The van der Waals surface area contributed by atoms with E-state index in [0.717, 1.165) is 19.5 Å². The zero-order valence-corrected chi connectivity index (χ0v) is 11.5. The molecule has 1 aromatic heterocycles. The van der Waals surface area contributed by atoms with Crippen LogP contribution >= 0.6 is 12.4 Å². The van der Waals surface area contributed by atoms with Gasteiger partial charge >= 0.3 is 0 Å². The monoisotopic (exact) mass is 274 g/mol. The van der Waals surface area contributed by atoms with Gasteiger partial charge in [-0.05, 0) is 19.9 Å². The van der Waals surface area contributed by atoms with E-state index < -0.39 is 0 Å². The lowest BCUT2D eigenvalue weighted by Crippen LogP contribution is -2.37. The molecular formula is C11H19ClN4O2. The maximum absolute atomic E-state index is 11.9. The van der Waals surface area contributed by atoms with Crippen molar-refractivity contribution in [1.29, 1.82) is 0 Å². The average molecular weight is 275 g/mol. The van der Waals surface area contributed by atoms with Crippen LogP contribution in [-0.2, 0) is 4.79 Å². The summed E-state index contributed by atoms with van der Waals surface area (Å²) < 4.78 is 5.19. The lowest BCUT2D eigenvalue weighted by molar-refractivity contribution is -0.133. The van der Waals surface area contributed by atoms with Gasteiger partial charge in [-0.1, -0.05) is 12.1 Å². The molecule has 1 N–H and O–H groups in total. The Hall–Kier alpha value is -1.14. The Labute approximate surface area is 113 Å². The Morgan fingerprint density at radius 3 is 3.00 bits per heavy atom. The minimum absolute atomic E-state index is 0. The largest absolute Gasteiger partial charge is 0.337 e. The Morgan fingerprint density at radius 1 is 1.61 bits per heavy atom. The SMILES string of the molecule is CCC(=O)N1CCCNCC1c1nc(C)no1.Cl. The molecule has 2 heterocycles. The zero-order chi connectivity index (χ0) is 12.3. The highest BCUT2D eigenvalue weighted by Crippen LogP contribution is 2.21. The van der Waals surface area contributed by atoms with Gasteiger partial charge in [-0.15, -0.1) is 12.4 Å². The van der Waals surface area contributed by atoms with Gasteiger partial charge in [0.15, 0.2) is 5.82 Å². The van der Waals surface area contributed by atoms with Gasteiger partial charge in [0.1, 0.15) is 6.04 Å². The molecule has 1 aliphatic rings. The van der Waals surface area contributed by atoms with Crippen molar-refractivity contribution < 1.29 is 9.32 Å². The number of nitrogens with one attached hydrogen (secondary N) is 1. The van der Waals surface area contributed by atoms with E-state index in [4.69, 9.17) is 4.52 Å². The van der Waals surface area contributed by atoms with E-state index in [-0.39, 0.29) is 24.4 Å². The third kappa shape index (κ3) is 3.20. The highest BCUT2D eigenvalue weighted by Gasteiger charge is 2.29. The maximum atomic E-state index is 11.9. The van der Waals surface area contributed by atoms with Gasteiger partial charge in [-0.25, -0.2) is 0 Å². The van der Waals surface area contributed by atoms with Crippen LogP contribution in [0.15, 0.2) is 4.52 Å². The highest BCUT2D eigenvalue weighted by atomic mass is 35.5. The van der Waals surface area contributed by atoms with Crippen LogP contribution in [0.5, 0.6) is 0 Å². The molecule has 18 heavy (non-hydrogen) atoms. The molecule has 0 saturated carbocycles. The fourth-order valence-corrected chi connectivity index (χ4v) is 2.05. The van der Waals surface area contributed by atoms with E-state index >= 15 is 0 Å². The summed E-state index contributed by atoms with van der Waals surface area (Å²) in [5.41, 5.74) is 0. The second-order valence-corrected chi connectivity index (χ2v) is 4.19. The van der Waals surface area contributed by atoms with Gasteiger partial charge in [-0.2, -0.15) is 4.98 Å².